The maximum atomic E-state index is 13.3. The quantitative estimate of drug-likeness (QED) is 0.333. The number of ether oxygens (including phenoxy) is 3. The molecule has 1 amide bonds. The van der Waals surface area contributed by atoms with E-state index in [0.717, 1.165) is 11.3 Å². The number of hydrogen-bond donors (Lipinski definition) is 1. The van der Waals surface area contributed by atoms with Gasteiger partial charge < -0.3 is 23.9 Å². The van der Waals surface area contributed by atoms with Crippen molar-refractivity contribution in [1.29, 1.82) is 0 Å². The fraction of sp³-hybridized carbons (Fsp3) is 0.0769. The van der Waals surface area contributed by atoms with Gasteiger partial charge in [-0.25, -0.2) is 0 Å². The molecular weight excluding hydrogens is 422 g/mol. The van der Waals surface area contributed by atoms with Crippen molar-refractivity contribution in [3.8, 4) is 17.2 Å². The molecule has 0 bridgehead atoms. The van der Waals surface area contributed by atoms with Crippen LogP contribution in [-0.2, 0) is 4.79 Å². The van der Waals surface area contributed by atoms with E-state index in [1.807, 2.05) is 30.3 Å². The number of carbonyl (C=O) groups excluding carboxylic acids is 2. The Balaban J connectivity index is 1.44. The highest BCUT2D eigenvalue weighted by Crippen LogP contribution is 2.36. The number of furan rings is 1. The highest BCUT2D eigenvalue weighted by molar-refractivity contribution is 6.18. The Morgan fingerprint density at radius 1 is 0.970 bits per heavy atom. The summed E-state index contributed by atoms with van der Waals surface area (Å²) < 4.78 is 21.7. The highest BCUT2D eigenvalue weighted by atomic mass is 16.7. The predicted molar refractivity (Wildman–Crippen MR) is 123 cm³/mol. The van der Waals surface area contributed by atoms with Crippen molar-refractivity contribution in [2.45, 2.75) is 0 Å². The Hall–Kier alpha value is -4.52. The molecule has 0 unspecified atom stereocenters. The van der Waals surface area contributed by atoms with Gasteiger partial charge in [0.25, 0.3) is 0 Å². The molecule has 7 heteroatoms. The van der Waals surface area contributed by atoms with Gasteiger partial charge in [-0.1, -0.05) is 24.3 Å². The van der Waals surface area contributed by atoms with Crippen molar-refractivity contribution in [2.75, 3.05) is 19.2 Å². The summed E-state index contributed by atoms with van der Waals surface area (Å²) in [7, 11) is 1.59. The molecule has 3 aromatic carbocycles. The summed E-state index contributed by atoms with van der Waals surface area (Å²) in [5.74, 6) is 1.07. The fourth-order valence-electron chi connectivity index (χ4n) is 3.55. The summed E-state index contributed by atoms with van der Waals surface area (Å²) in [6.45, 7) is 0.111. The molecule has 33 heavy (non-hydrogen) atoms. The van der Waals surface area contributed by atoms with Gasteiger partial charge in [-0.05, 0) is 54.1 Å². The second-order valence-corrected chi connectivity index (χ2v) is 7.30. The van der Waals surface area contributed by atoms with E-state index in [9.17, 15) is 9.59 Å². The average Bonchev–Trinajstić information content (AvgIpc) is 3.47. The van der Waals surface area contributed by atoms with Crippen LogP contribution < -0.4 is 19.5 Å². The van der Waals surface area contributed by atoms with Crippen LogP contribution in [-0.4, -0.2) is 25.6 Å². The van der Waals surface area contributed by atoms with Crippen LogP contribution in [0.3, 0.4) is 0 Å². The minimum atomic E-state index is -0.392. The van der Waals surface area contributed by atoms with Crippen LogP contribution in [0.15, 0.2) is 77.2 Å². The molecule has 2 heterocycles. The van der Waals surface area contributed by atoms with Crippen LogP contribution in [0.1, 0.15) is 21.7 Å². The Bertz CT molecular complexity index is 1380. The summed E-state index contributed by atoms with van der Waals surface area (Å²) in [6, 6.07) is 19.4. The van der Waals surface area contributed by atoms with Crippen molar-refractivity contribution >= 4 is 34.4 Å². The summed E-state index contributed by atoms with van der Waals surface area (Å²) in [6.07, 6.45) is 3.08. The molecule has 7 nitrogen and oxygen atoms in total. The molecule has 0 atom stereocenters. The number of benzene rings is 3. The minimum absolute atomic E-state index is 0.0428. The number of nitrogens with one attached hydrogen (secondary N) is 1. The van der Waals surface area contributed by atoms with Gasteiger partial charge in [-0.15, -0.1) is 0 Å². The van der Waals surface area contributed by atoms with Crippen LogP contribution >= 0.6 is 0 Å². The molecule has 1 aliphatic rings. The van der Waals surface area contributed by atoms with Gasteiger partial charge in [-0.2, -0.15) is 0 Å². The number of amides is 1. The number of methoxy groups -OCH3 is 1. The first-order valence-corrected chi connectivity index (χ1v) is 10.2. The second kappa shape index (κ2) is 8.55. The molecule has 164 valence electrons. The first kappa shape index (κ1) is 20.4. The molecule has 0 saturated heterocycles. The topological polar surface area (TPSA) is 87.0 Å². The lowest BCUT2D eigenvalue weighted by Crippen LogP contribution is -2.11. The standard InChI is InChI=1S/C26H19NO6/c1-30-18-10-6-16(7-11-18)8-13-23(28)27-24-19-4-2-3-5-20(19)33-26(24)25(29)17-9-12-21-22(14-17)32-15-31-21/h2-14H,15H2,1H3,(H,27,28)/b13-8+. The van der Waals surface area contributed by atoms with Crippen molar-refractivity contribution in [3.05, 3.63) is 89.7 Å². The fourth-order valence-corrected chi connectivity index (χ4v) is 3.55. The van der Waals surface area contributed by atoms with E-state index >= 15 is 0 Å². The lowest BCUT2D eigenvalue weighted by Gasteiger charge is -2.05. The summed E-state index contributed by atoms with van der Waals surface area (Å²) in [5, 5.41) is 3.44. The van der Waals surface area contributed by atoms with E-state index in [2.05, 4.69) is 5.32 Å². The van der Waals surface area contributed by atoms with Crippen LogP contribution in [0.25, 0.3) is 17.0 Å². The largest absolute Gasteiger partial charge is 0.497 e. The predicted octanol–water partition coefficient (Wildman–Crippen LogP) is 5.05. The van der Waals surface area contributed by atoms with Crippen LogP contribution in [0, 0.1) is 0 Å². The maximum absolute atomic E-state index is 13.3. The molecule has 0 fully saturated rings. The van der Waals surface area contributed by atoms with Gasteiger partial charge in [0.15, 0.2) is 17.3 Å². The van der Waals surface area contributed by atoms with Crippen molar-refractivity contribution in [3.63, 3.8) is 0 Å². The molecule has 1 aliphatic heterocycles. The Kier molecular flexibility index (Phi) is 5.28. The molecule has 4 aromatic rings. The lowest BCUT2D eigenvalue weighted by molar-refractivity contribution is -0.111. The SMILES string of the molecule is COc1ccc(/C=C/C(=O)Nc2c(C(=O)c3ccc4c(c3)OCO4)oc3ccccc23)cc1. The minimum Gasteiger partial charge on any atom is -0.497 e. The number of anilines is 1. The summed E-state index contributed by atoms with van der Waals surface area (Å²) >= 11 is 0. The van der Waals surface area contributed by atoms with Crippen molar-refractivity contribution in [1.82, 2.24) is 0 Å². The molecule has 0 aliphatic carbocycles. The highest BCUT2D eigenvalue weighted by Gasteiger charge is 2.25. The number of fused-ring (bicyclic) bond motifs is 2. The van der Waals surface area contributed by atoms with E-state index in [1.165, 1.54) is 6.08 Å². The second-order valence-electron chi connectivity index (χ2n) is 7.30. The zero-order chi connectivity index (χ0) is 22.8. The van der Waals surface area contributed by atoms with E-state index in [1.54, 1.807) is 49.6 Å². The van der Waals surface area contributed by atoms with Gasteiger partial charge >= 0.3 is 0 Å². The Morgan fingerprint density at radius 3 is 2.58 bits per heavy atom. The first-order valence-electron chi connectivity index (χ1n) is 10.2. The van der Waals surface area contributed by atoms with Crippen molar-refractivity contribution in [2.24, 2.45) is 0 Å². The molecule has 1 aromatic heterocycles. The molecule has 5 rings (SSSR count). The number of para-hydroxylation sites is 1. The third-order valence-corrected chi connectivity index (χ3v) is 5.23. The molecule has 0 spiro atoms. The third-order valence-electron chi connectivity index (χ3n) is 5.23. The summed E-state index contributed by atoms with van der Waals surface area (Å²) in [5.41, 5.74) is 2.01. The van der Waals surface area contributed by atoms with E-state index < -0.39 is 5.91 Å². The normalized spacial score (nSPS) is 12.3. The molecule has 1 N–H and O–H groups in total. The van der Waals surface area contributed by atoms with Gasteiger partial charge in [0.05, 0.1) is 12.8 Å². The Morgan fingerprint density at radius 2 is 1.76 bits per heavy atom. The van der Waals surface area contributed by atoms with E-state index in [-0.39, 0.29) is 18.3 Å². The van der Waals surface area contributed by atoms with E-state index in [4.69, 9.17) is 18.6 Å². The third kappa shape index (κ3) is 4.04. The van der Waals surface area contributed by atoms with E-state index in [0.29, 0.717) is 33.7 Å². The average molecular weight is 441 g/mol. The monoisotopic (exact) mass is 441 g/mol. The maximum Gasteiger partial charge on any atom is 0.248 e. The van der Waals surface area contributed by atoms with Gasteiger partial charge in [0.1, 0.15) is 11.3 Å². The lowest BCUT2D eigenvalue weighted by atomic mass is 10.1. The number of hydrogen-bond acceptors (Lipinski definition) is 6. The molecular formula is C26H19NO6. The van der Waals surface area contributed by atoms with Crippen LogP contribution in [0.5, 0.6) is 17.2 Å². The zero-order valence-corrected chi connectivity index (χ0v) is 17.7. The van der Waals surface area contributed by atoms with Crippen LogP contribution in [0.4, 0.5) is 5.69 Å². The van der Waals surface area contributed by atoms with Crippen LogP contribution in [0.2, 0.25) is 0 Å². The molecule has 0 saturated carbocycles. The molecule has 0 radical (unpaired) electrons. The zero-order valence-electron chi connectivity index (χ0n) is 17.7. The number of carbonyl (C=O) groups is 2. The Labute approximate surface area is 189 Å². The van der Waals surface area contributed by atoms with Gasteiger partial charge in [0, 0.05) is 17.0 Å². The number of ketones is 1. The smallest absolute Gasteiger partial charge is 0.248 e. The first-order chi connectivity index (χ1) is 16.1. The van der Waals surface area contributed by atoms with Gasteiger partial charge in [-0.3, -0.25) is 9.59 Å². The number of rotatable bonds is 6. The van der Waals surface area contributed by atoms with Gasteiger partial charge in [0.2, 0.25) is 18.5 Å². The summed E-state index contributed by atoms with van der Waals surface area (Å²) in [4.78, 5) is 26.0. The van der Waals surface area contributed by atoms with Crippen molar-refractivity contribution < 1.29 is 28.2 Å².